The molecule has 0 saturated heterocycles. The number of hydrogen-bond acceptors (Lipinski definition) is 8. The predicted molar refractivity (Wildman–Crippen MR) is 63.6 cm³/mol. The summed E-state index contributed by atoms with van der Waals surface area (Å²) in [5, 5.41) is 50.0. The number of aliphatic carboxylic acids is 1. The second-order valence-corrected chi connectivity index (χ2v) is 3.09. The number of aliphatic hydroxyl groups is 5. The normalized spacial score (nSPS) is 14.2. The average Bonchev–Trinajstić information content (AvgIpc) is 2.35. The summed E-state index contributed by atoms with van der Waals surface area (Å²) in [5.74, 6) is -0.833. The second-order valence-electron chi connectivity index (χ2n) is 3.09. The van der Waals surface area contributed by atoms with E-state index in [9.17, 15) is 0 Å². The summed E-state index contributed by atoms with van der Waals surface area (Å²) in [6, 6.07) is 0. The van der Waals surface area contributed by atoms with Gasteiger partial charge in [-0.3, -0.25) is 4.79 Å². The molecule has 112 valence electrons. The van der Waals surface area contributed by atoms with Crippen molar-refractivity contribution in [3.05, 3.63) is 0 Å². The van der Waals surface area contributed by atoms with Crippen LogP contribution < -0.4 is 11.5 Å². The van der Waals surface area contributed by atoms with Crippen LogP contribution in [0.15, 0.2) is 0 Å². The first-order chi connectivity index (χ1) is 8.28. The monoisotopic (exact) mass is 272 g/mol. The highest BCUT2D eigenvalue weighted by Crippen LogP contribution is 1.97. The summed E-state index contributed by atoms with van der Waals surface area (Å²) in [6.07, 6.45) is -4.29. The van der Waals surface area contributed by atoms with Gasteiger partial charge in [-0.1, -0.05) is 0 Å². The van der Waals surface area contributed by atoms with Gasteiger partial charge in [0, 0.05) is 20.0 Å². The third-order valence-electron chi connectivity index (χ3n) is 1.33. The lowest BCUT2D eigenvalue weighted by molar-refractivity contribution is -0.134. The topological polar surface area (TPSA) is 190 Å². The van der Waals surface area contributed by atoms with E-state index in [1.165, 1.54) is 0 Å². The Morgan fingerprint density at radius 2 is 1.22 bits per heavy atom. The Morgan fingerprint density at radius 3 is 1.33 bits per heavy atom. The van der Waals surface area contributed by atoms with Gasteiger partial charge >= 0.3 is 0 Å². The van der Waals surface area contributed by atoms with Gasteiger partial charge in [0.25, 0.3) is 5.97 Å². The molecule has 0 saturated carbocycles. The lowest BCUT2D eigenvalue weighted by atomic mass is 10.1. The van der Waals surface area contributed by atoms with Crippen molar-refractivity contribution < 1.29 is 35.4 Å². The molecule has 9 heteroatoms. The number of rotatable bonds is 5. The zero-order valence-corrected chi connectivity index (χ0v) is 10.3. The summed E-state index contributed by atoms with van der Waals surface area (Å²) in [5.41, 5.74) is 9.81. The van der Waals surface area contributed by atoms with Crippen LogP contribution in [0.5, 0.6) is 0 Å². The largest absolute Gasteiger partial charge is 0.481 e. The van der Waals surface area contributed by atoms with Crippen LogP contribution in [0.3, 0.4) is 0 Å². The molecule has 0 aromatic carbocycles. The number of carbonyl (C=O) groups is 1. The van der Waals surface area contributed by atoms with Crippen LogP contribution in [0.1, 0.15) is 6.92 Å². The fourth-order valence-corrected chi connectivity index (χ4v) is 0.472. The fraction of sp³-hybridized carbons (Fsp3) is 0.889. The number of carboxylic acid groups (broad SMARTS) is 1. The van der Waals surface area contributed by atoms with E-state index < -0.39 is 37.5 Å². The lowest BCUT2D eigenvalue weighted by Gasteiger charge is -2.19. The van der Waals surface area contributed by atoms with Crippen LogP contribution >= 0.6 is 0 Å². The van der Waals surface area contributed by atoms with Gasteiger partial charge in [-0.05, 0) is 0 Å². The van der Waals surface area contributed by atoms with E-state index in [1.807, 2.05) is 0 Å². The molecule has 18 heavy (non-hydrogen) atoms. The van der Waals surface area contributed by atoms with E-state index in [-0.39, 0.29) is 0 Å². The number of nitrogens with two attached hydrogens (primary N) is 2. The van der Waals surface area contributed by atoms with Gasteiger partial charge in [-0.15, -0.1) is 0 Å². The number of carboxylic acids is 1. The molecule has 10 N–H and O–H groups in total. The Morgan fingerprint density at radius 1 is 1.00 bits per heavy atom. The average molecular weight is 272 g/mol. The quantitative estimate of drug-likeness (QED) is 0.247. The van der Waals surface area contributed by atoms with Crippen molar-refractivity contribution in [1.82, 2.24) is 0 Å². The van der Waals surface area contributed by atoms with E-state index in [0.717, 1.165) is 6.92 Å². The van der Waals surface area contributed by atoms with Crippen LogP contribution in [0.25, 0.3) is 0 Å². The number of aliphatic hydroxyl groups excluding tert-OH is 5. The van der Waals surface area contributed by atoms with Gasteiger partial charge in [0.2, 0.25) is 0 Å². The van der Waals surface area contributed by atoms with Crippen LogP contribution in [0.4, 0.5) is 0 Å². The van der Waals surface area contributed by atoms with Crippen LogP contribution in [-0.2, 0) is 4.79 Å². The van der Waals surface area contributed by atoms with Gasteiger partial charge in [0.1, 0.15) is 18.3 Å². The van der Waals surface area contributed by atoms with Crippen LogP contribution in [-0.4, -0.2) is 81.2 Å². The molecule has 9 nitrogen and oxygen atoms in total. The minimum atomic E-state index is -1.49. The number of hydrogen-bond donors (Lipinski definition) is 8. The Kier molecular flexibility index (Phi) is 20.1. The zero-order chi connectivity index (χ0) is 15.1. The maximum Gasteiger partial charge on any atom is 0.300 e. The molecular formula is C9H24N2O7. The third-order valence-corrected chi connectivity index (χ3v) is 1.33. The van der Waals surface area contributed by atoms with Gasteiger partial charge in [0.05, 0.1) is 13.2 Å². The molecule has 0 heterocycles. The summed E-state index contributed by atoms with van der Waals surface area (Å²) in [6.45, 7) is 0.996. The van der Waals surface area contributed by atoms with Crippen molar-refractivity contribution in [2.24, 2.45) is 11.5 Å². The molecule has 0 amide bonds. The molecule has 0 aliphatic carbocycles. The maximum atomic E-state index is 9.00. The van der Waals surface area contributed by atoms with E-state index in [1.54, 1.807) is 0 Å². The smallest absolute Gasteiger partial charge is 0.300 e. The fourth-order valence-electron chi connectivity index (χ4n) is 0.472. The highest BCUT2D eigenvalue weighted by Gasteiger charge is 2.22. The maximum absolute atomic E-state index is 9.00. The minimum Gasteiger partial charge on any atom is -0.481 e. The van der Waals surface area contributed by atoms with Gasteiger partial charge in [-0.25, -0.2) is 0 Å². The van der Waals surface area contributed by atoms with Gasteiger partial charge in [-0.2, -0.15) is 0 Å². The van der Waals surface area contributed by atoms with Gasteiger partial charge in [0.15, 0.2) is 0 Å². The van der Waals surface area contributed by atoms with Crippen molar-refractivity contribution in [1.29, 1.82) is 0 Å². The molecule has 0 aromatic rings. The third kappa shape index (κ3) is 20.6. The molecule has 0 fully saturated rings. The van der Waals surface area contributed by atoms with Crippen molar-refractivity contribution in [3.63, 3.8) is 0 Å². The molecule has 0 spiro atoms. The summed E-state index contributed by atoms with van der Waals surface area (Å²) in [7, 11) is 0. The molecule has 0 rings (SSSR count). The van der Waals surface area contributed by atoms with Crippen LogP contribution in [0, 0.1) is 0 Å². The van der Waals surface area contributed by atoms with Crippen LogP contribution in [0.2, 0.25) is 0 Å². The predicted octanol–water partition coefficient (Wildman–Crippen LogP) is -3.95. The standard InChI is InChI=1S/C5H12O5.C2H8N2.C2H4O2/c6-1-3(8)5(10)4(9)2-7;3-1-2-4;1-2(3)4/h3-10H,1-2H2;1-4H2;1H3,(H,3,4). The Balaban J connectivity index is -0.000000233. The summed E-state index contributed by atoms with van der Waals surface area (Å²) in [4.78, 5) is 9.00. The van der Waals surface area contributed by atoms with E-state index in [2.05, 4.69) is 0 Å². The Hall–Kier alpha value is -0.810. The molecule has 0 bridgehead atoms. The Bertz CT molecular complexity index is 166. The van der Waals surface area contributed by atoms with Crippen molar-refractivity contribution >= 4 is 5.97 Å². The highest BCUT2D eigenvalue weighted by molar-refractivity contribution is 5.62. The van der Waals surface area contributed by atoms with Crippen molar-refractivity contribution in [2.45, 2.75) is 25.2 Å². The van der Waals surface area contributed by atoms with Gasteiger partial charge < -0.3 is 42.1 Å². The molecule has 0 aliphatic rings. The Labute approximate surface area is 105 Å². The summed E-state index contributed by atoms with van der Waals surface area (Å²) < 4.78 is 0. The molecule has 2 unspecified atom stereocenters. The minimum absolute atomic E-state index is 0.597. The lowest BCUT2D eigenvalue weighted by Crippen LogP contribution is -2.41. The van der Waals surface area contributed by atoms with E-state index >= 15 is 0 Å². The molecule has 0 radical (unpaired) electrons. The molecule has 0 aromatic heterocycles. The molecule has 0 aliphatic heterocycles. The first-order valence-corrected chi connectivity index (χ1v) is 5.13. The van der Waals surface area contributed by atoms with E-state index in [0.29, 0.717) is 13.1 Å². The molecular weight excluding hydrogens is 248 g/mol. The second kappa shape index (κ2) is 16.2. The SMILES string of the molecule is CC(=O)O.NCCN.OCC(O)C(O)C(O)CO. The molecule has 2 atom stereocenters. The van der Waals surface area contributed by atoms with E-state index in [4.69, 9.17) is 46.9 Å². The summed E-state index contributed by atoms with van der Waals surface area (Å²) >= 11 is 0. The van der Waals surface area contributed by atoms with Crippen molar-refractivity contribution in [2.75, 3.05) is 26.3 Å². The van der Waals surface area contributed by atoms with Crippen molar-refractivity contribution in [3.8, 4) is 0 Å². The zero-order valence-electron chi connectivity index (χ0n) is 10.3. The first kappa shape index (κ1) is 22.4. The first-order valence-electron chi connectivity index (χ1n) is 5.13. The highest BCUT2D eigenvalue weighted by atomic mass is 16.4.